The number of aryl methyl sites for hydroxylation is 2. The molecule has 1 amide bonds. The number of rotatable bonds is 2. The van der Waals surface area contributed by atoms with Crippen molar-refractivity contribution in [2.45, 2.75) is 20.3 Å². The van der Waals surface area contributed by atoms with Gasteiger partial charge in [0.15, 0.2) is 0 Å². The SMILES string of the molecule is Cc1cnc(NC(=O)[C@@H]2CCNC2)cc1C. The molecule has 2 rings (SSSR count). The smallest absolute Gasteiger partial charge is 0.229 e. The topological polar surface area (TPSA) is 54.0 Å². The van der Waals surface area contributed by atoms with Gasteiger partial charge in [-0.1, -0.05) is 0 Å². The molecular weight excluding hydrogens is 202 g/mol. The highest BCUT2D eigenvalue weighted by Gasteiger charge is 2.22. The van der Waals surface area contributed by atoms with Crippen molar-refractivity contribution in [1.82, 2.24) is 10.3 Å². The molecule has 1 aliphatic rings. The maximum atomic E-state index is 11.8. The van der Waals surface area contributed by atoms with Crippen LogP contribution in [-0.2, 0) is 4.79 Å². The van der Waals surface area contributed by atoms with Gasteiger partial charge in [0.2, 0.25) is 5.91 Å². The number of nitrogens with one attached hydrogen (secondary N) is 2. The lowest BCUT2D eigenvalue weighted by Crippen LogP contribution is -2.25. The predicted molar refractivity (Wildman–Crippen MR) is 63.3 cm³/mol. The normalized spacial score (nSPS) is 19.8. The van der Waals surface area contributed by atoms with E-state index in [2.05, 4.69) is 15.6 Å². The third-order valence-electron chi connectivity index (χ3n) is 3.05. The van der Waals surface area contributed by atoms with Crippen LogP contribution in [0, 0.1) is 19.8 Å². The molecule has 16 heavy (non-hydrogen) atoms. The van der Waals surface area contributed by atoms with Gasteiger partial charge in [-0.25, -0.2) is 4.98 Å². The average Bonchev–Trinajstić information content (AvgIpc) is 2.77. The minimum Gasteiger partial charge on any atom is -0.316 e. The molecule has 0 aliphatic carbocycles. The summed E-state index contributed by atoms with van der Waals surface area (Å²) in [6, 6.07) is 1.91. The fourth-order valence-corrected chi connectivity index (χ4v) is 1.80. The molecule has 1 aliphatic heterocycles. The fraction of sp³-hybridized carbons (Fsp3) is 0.500. The Bertz CT molecular complexity index is 397. The Labute approximate surface area is 95.5 Å². The molecule has 1 fully saturated rings. The second-order valence-electron chi connectivity index (χ2n) is 4.33. The van der Waals surface area contributed by atoms with E-state index >= 15 is 0 Å². The van der Waals surface area contributed by atoms with Crippen LogP contribution in [0.15, 0.2) is 12.3 Å². The van der Waals surface area contributed by atoms with Gasteiger partial charge in [0.05, 0.1) is 5.92 Å². The van der Waals surface area contributed by atoms with Gasteiger partial charge in [0, 0.05) is 12.7 Å². The Hall–Kier alpha value is -1.42. The van der Waals surface area contributed by atoms with Crippen LogP contribution in [0.3, 0.4) is 0 Å². The van der Waals surface area contributed by atoms with E-state index in [-0.39, 0.29) is 11.8 Å². The van der Waals surface area contributed by atoms with Crippen molar-refractivity contribution in [3.8, 4) is 0 Å². The Morgan fingerprint density at radius 2 is 2.31 bits per heavy atom. The number of hydrogen-bond donors (Lipinski definition) is 2. The Kier molecular flexibility index (Phi) is 3.19. The molecule has 86 valence electrons. The quantitative estimate of drug-likeness (QED) is 0.787. The summed E-state index contributed by atoms with van der Waals surface area (Å²) < 4.78 is 0. The van der Waals surface area contributed by atoms with Crippen molar-refractivity contribution in [2.75, 3.05) is 18.4 Å². The van der Waals surface area contributed by atoms with Gasteiger partial charge in [0.25, 0.3) is 0 Å². The molecule has 1 saturated heterocycles. The summed E-state index contributed by atoms with van der Waals surface area (Å²) in [6.45, 7) is 5.73. The van der Waals surface area contributed by atoms with E-state index in [4.69, 9.17) is 0 Å². The minimum atomic E-state index is 0.0701. The van der Waals surface area contributed by atoms with E-state index in [9.17, 15) is 4.79 Å². The summed E-state index contributed by atoms with van der Waals surface area (Å²) >= 11 is 0. The first-order valence-corrected chi connectivity index (χ1v) is 5.61. The van der Waals surface area contributed by atoms with Gasteiger partial charge in [-0.15, -0.1) is 0 Å². The molecule has 0 unspecified atom stereocenters. The van der Waals surface area contributed by atoms with Crippen molar-refractivity contribution < 1.29 is 4.79 Å². The monoisotopic (exact) mass is 219 g/mol. The predicted octanol–water partition coefficient (Wildman–Crippen LogP) is 1.25. The standard InChI is InChI=1S/C12H17N3O/c1-8-5-11(14-6-9(8)2)15-12(16)10-3-4-13-7-10/h5-6,10,13H,3-4,7H2,1-2H3,(H,14,15,16)/t10-/m1/s1. The minimum absolute atomic E-state index is 0.0701. The molecule has 1 aromatic heterocycles. The maximum absolute atomic E-state index is 11.8. The zero-order valence-electron chi connectivity index (χ0n) is 9.71. The van der Waals surface area contributed by atoms with E-state index in [1.165, 1.54) is 0 Å². The highest BCUT2D eigenvalue weighted by atomic mass is 16.2. The summed E-state index contributed by atoms with van der Waals surface area (Å²) in [5.74, 6) is 0.809. The van der Waals surface area contributed by atoms with Crippen LogP contribution >= 0.6 is 0 Å². The van der Waals surface area contributed by atoms with Crippen molar-refractivity contribution in [2.24, 2.45) is 5.92 Å². The summed E-state index contributed by atoms with van der Waals surface area (Å²) in [5.41, 5.74) is 2.29. The van der Waals surface area contributed by atoms with Crippen molar-refractivity contribution in [3.63, 3.8) is 0 Å². The molecule has 2 heterocycles. The molecule has 0 radical (unpaired) electrons. The Balaban J connectivity index is 2.02. The lowest BCUT2D eigenvalue weighted by molar-refractivity contribution is -0.119. The number of nitrogens with zero attached hydrogens (tertiary/aromatic N) is 1. The second kappa shape index (κ2) is 4.61. The van der Waals surface area contributed by atoms with E-state index in [0.717, 1.165) is 30.6 Å². The van der Waals surface area contributed by atoms with Crippen LogP contribution in [0.1, 0.15) is 17.5 Å². The molecule has 0 aromatic carbocycles. The Morgan fingerprint density at radius 1 is 1.50 bits per heavy atom. The summed E-state index contributed by atoms with van der Waals surface area (Å²) in [6.07, 6.45) is 2.70. The highest BCUT2D eigenvalue weighted by molar-refractivity contribution is 5.92. The first-order chi connectivity index (χ1) is 7.66. The van der Waals surface area contributed by atoms with Crippen molar-refractivity contribution in [1.29, 1.82) is 0 Å². The van der Waals surface area contributed by atoms with Crippen LogP contribution in [0.4, 0.5) is 5.82 Å². The molecule has 1 atom stereocenters. The molecule has 0 saturated carbocycles. The van der Waals surface area contributed by atoms with Gasteiger partial charge in [-0.2, -0.15) is 0 Å². The van der Waals surface area contributed by atoms with Crippen molar-refractivity contribution in [3.05, 3.63) is 23.4 Å². The number of hydrogen-bond acceptors (Lipinski definition) is 3. The number of pyridine rings is 1. The van der Waals surface area contributed by atoms with E-state index in [1.807, 2.05) is 19.9 Å². The highest BCUT2D eigenvalue weighted by Crippen LogP contribution is 2.14. The van der Waals surface area contributed by atoms with Gasteiger partial charge in [-0.05, 0) is 44.0 Å². The zero-order chi connectivity index (χ0) is 11.5. The molecule has 0 bridgehead atoms. The van der Waals surface area contributed by atoms with E-state index < -0.39 is 0 Å². The van der Waals surface area contributed by atoms with Crippen LogP contribution in [0.2, 0.25) is 0 Å². The second-order valence-corrected chi connectivity index (χ2v) is 4.33. The Morgan fingerprint density at radius 3 is 2.94 bits per heavy atom. The van der Waals surface area contributed by atoms with E-state index in [0.29, 0.717) is 5.82 Å². The number of anilines is 1. The first-order valence-electron chi connectivity index (χ1n) is 5.61. The van der Waals surface area contributed by atoms with Crippen LogP contribution < -0.4 is 10.6 Å². The van der Waals surface area contributed by atoms with E-state index in [1.54, 1.807) is 6.20 Å². The third kappa shape index (κ3) is 2.39. The fourth-order valence-electron chi connectivity index (χ4n) is 1.80. The lowest BCUT2D eigenvalue weighted by Gasteiger charge is -2.10. The summed E-state index contributed by atoms with van der Waals surface area (Å²) in [7, 11) is 0. The third-order valence-corrected chi connectivity index (χ3v) is 3.05. The van der Waals surface area contributed by atoms with Gasteiger partial charge in [-0.3, -0.25) is 4.79 Å². The zero-order valence-corrected chi connectivity index (χ0v) is 9.71. The first kappa shape index (κ1) is 11.1. The van der Waals surface area contributed by atoms with Crippen LogP contribution in [-0.4, -0.2) is 24.0 Å². The van der Waals surface area contributed by atoms with Crippen molar-refractivity contribution >= 4 is 11.7 Å². The maximum Gasteiger partial charge on any atom is 0.229 e. The molecular formula is C12H17N3O. The van der Waals surface area contributed by atoms with Gasteiger partial charge < -0.3 is 10.6 Å². The largest absolute Gasteiger partial charge is 0.316 e. The number of carbonyl (C=O) groups excluding carboxylic acids is 1. The number of aromatic nitrogens is 1. The lowest BCUT2D eigenvalue weighted by atomic mass is 10.1. The van der Waals surface area contributed by atoms with Gasteiger partial charge in [0.1, 0.15) is 5.82 Å². The van der Waals surface area contributed by atoms with Crippen LogP contribution in [0.5, 0.6) is 0 Å². The average molecular weight is 219 g/mol. The molecule has 1 aromatic rings. The molecule has 4 heteroatoms. The summed E-state index contributed by atoms with van der Waals surface area (Å²) in [5, 5.41) is 6.04. The number of amides is 1. The molecule has 4 nitrogen and oxygen atoms in total. The summed E-state index contributed by atoms with van der Waals surface area (Å²) in [4.78, 5) is 16.0. The van der Waals surface area contributed by atoms with Gasteiger partial charge >= 0.3 is 0 Å². The molecule has 2 N–H and O–H groups in total. The van der Waals surface area contributed by atoms with Crippen LogP contribution in [0.25, 0.3) is 0 Å². The number of carbonyl (C=O) groups is 1. The molecule has 0 spiro atoms.